The number of imidazole rings is 1. The van der Waals surface area contributed by atoms with Crippen LogP contribution < -0.4 is 16.0 Å². The minimum atomic E-state index is -0.0112. The fraction of sp³-hybridized carbons (Fsp3) is 0.348. The summed E-state index contributed by atoms with van der Waals surface area (Å²) in [6, 6.07) is 14.3. The third kappa shape index (κ3) is 4.30. The molecule has 0 spiro atoms. The highest BCUT2D eigenvalue weighted by atomic mass is 16.1. The summed E-state index contributed by atoms with van der Waals surface area (Å²) in [6.07, 6.45) is 5.93. The highest BCUT2D eigenvalue weighted by Gasteiger charge is 2.24. The molecule has 0 radical (unpaired) electrons. The molecule has 1 aliphatic carbocycles. The fourth-order valence-corrected chi connectivity index (χ4v) is 4.12. The number of hydrogen-bond acceptors (Lipinski definition) is 5. The number of aromatic nitrogens is 2. The zero-order chi connectivity index (χ0) is 20.9. The van der Waals surface area contributed by atoms with E-state index in [4.69, 9.17) is 0 Å². The van der Waals surface area contributed by atoms with Crippen LogP contribution in [-0.4, -0.2) is 41.1 Å². The molecule has 2 aromatic heterocycles. The van der Waals surface area contributed by atoms with Crippen LogP contribution >= 0.6 is 0 Å². The lowest BCUT2D eigenvalue weighted by Crippen LogP contribution is -2.40. The Morgan fingerprint density at radius 2 is 1.90 bits per heavy atom. The van der Waals surface area contributed by atoms with Crippen molar-refractivity contribution in [3.63, 3.8) is 0 Å². The van der Waals surface area contributed by atoms with Gasteiger partial charge in [-0.2, -0.15) is 0 Å². The molecule has 1 fully saturated rings. The summed E-state index contributed by atoms with van der Waals surface area (Å²) in [5, 5.41) is 9.94. The van der Waals surface area contributed by atoms with Crippen LogP contribution in [0.25, 0.3) is 5.65 Å². The zero-order valence-corrected chi connectivity index (χ0v) is 17.3. The molecule has 2 heterocycles. The van der Waals surface area contributed by atoms with Crippen molar-refractivity contribution in [3.8, 4) is 0 Å². The van der Waals surface area contributed by atoms with E-state index in [1.807, 2.05) is 49.6 Å². The van der Waals surface area contributed by atoms with E-state index in [0.717, 1.165) is 48.5 Å². The number of para-hydroxylation sites is 1. The van der Waals surface area contributed by atoms with Gasteiger partial charge in [0.15, 0.2) is 0 Å². The number of anilines is 2. The van der Waals surface area contributed by atoms with E-state index in [1.54, 1.807) is 0 Å². The third-order valence-electron chi connectivity index (χ3n) is 5.67. The SMILES string of the molecule is C=NCc1cn2c(NC3CCC(NC(=O)c4ccccc4NC)CC3)cccc2n1. The molecule has 0 bridgehead atoms. The number of pyridine rings is 1. The number of rotatable bonds is 7. The van der Waals surface area contributed by atoms with Gasteiger partial charge in [-0.1, -0.05) is 18.2 Å². The van der Waals surface area contributed by atoms with Crippen molar-refractivity contribution in [1.82, 2.24) is 14.7 Å². The lowest BCUT2D eigenvalue weighted by atomic mass is 9.91. The van der Waals surface area contributed by atoms with E-state index in [2.05, 4.69) is 43.1 Å². The molecule has 0 aliphatic heterocycles. The highest BCUT2D eigenvalue weighted by Crippen LogP contribution is 2.24. The van der Waals surface area contributed by atoms with E-state index in [1.165, 1.54) is 0 Å². The first-order valence-corrected chi connectivity index (χ1v) is 10.4. The average molecular weight is 405 g/mol. The Labute approximate surface area is 176 Å². The Morgan fingerprint density at radius 3 is 2.67 bits per heavy atom. The van der Waals surface area contributed by atoms with Crippen molar-refractivity contribution in [3.05, 3.63) is 59.9 Å². The van der Waals surface area contributed by atoms with Crippen molar-refractivity contribution < 1.29 is 4.79 Å². The van der Waals surface area contributed by atoms with Crippen LogP contribution in [0, 0.1) is 0 Å². The molecule has 1 saturated carbocycles. The molecule has 1 aliphatic rings. The van der Waals surface area contributed by atoms with Gasteiger partial charge in [-0.25, -0.2) is 4.98 Å². The summed E-state index contributed by atoms with van der Waals surface area (Å²) in [5.41, 5.74) is 3.36. The van der Waals surface area contributed by atoms with Crippen LogP contribution in [0.1, 0.15) is 41.7 Å². The number of carbonyl (C=O) groups excluding carboxylic acids is 1. The topological polar surface area (TPSA) is 82.8 Å². The van der Waals surface area contributed by atoms with Gasteiger partial charge in [0.2, 0.25) is 0 Å². The van der Waals surface area contributed by atoms with Crippen LogP contribution in [-0.2, 0) is 6.54 Å². The Hall–Kier alpha value is -3.35. The van der Waals surface area contributed by atoms with E-state index in [0.29, 0.717) is 18.2 Å². The standard InChI is InChI=1S/C23H28N6O/c1-24-14-18-15-29-21(8-5-9-22(29)27-18)26-16-10-12-17(13-11-16)28-23(30)19-6-3-4-7-20(19)25-2/h3-9,15-17,25-26H,1,10-14H2,2H3,(H,28,30). The second-order valence-corrected chi connectivity index (χ2v) is 7.72. The first kappa shape index (κ1) is 19.9. The van der Waals surface area contributed by atoms with Crippen molar-refractivity contribution in [1.29, 1.82) is 0 Å². The molecule has 1 aromatic carbocycles. The van der Waals surface area contributed by atoms with Gasteiger partial charge in [0.1, 0.15) is 11.5 Å². The highest BCUT2D eigenvalue weighted by molar-refractivity contribution is 5.99. The van der Waals surface area contributed by atoms with Crippen molar-refractivity contribution in [2.24, 2.45) is 4.99 Å². The lowest BCUT2D eigenvalue weighted by Gasteiger charge is -2.30. The van der Waals surface area contributed by atoms with Crippen LogP contribution in [0.3, 0.4) is 0 Å². The van der Waals surface area contributed by atoms with Crippen molar-refractivity contribution in [2.45, 2.75) is 44.3 Å². The molecule has 156 valence electrons. The predicted molar refractivity (Wildman–Crippen MR) is 122 cm³/mol. The van der Waals surface area contributed by atoms with E-state index >= 15 is 0 Å². The van der Waals surface area contributed by atoms with Crippen molar-refractivity contribution in [2.75, 3.05) is 17.7 Å². The Morgan fingerprint density at radius 1 is 1.13 bits per heavy atom. The normalized spacial score (nSPS) is 18.7. The number of nitrogens with one attached hydrogen (secondary N) is 3. The summed E-state index contributed by atoms with van der Waals surface area (Å²) in [4.78, 5) is 21.2. The Kier molecular flexibility index (Phi) is 5.97. The lowest BCUT2D eigenvalue weighted by molar-refractivity contribution is 0.0927. The summed E-state index contributed by atoms with van der Waals surface area (Å²) >= 11 is 0. The van der Waals surface area contributed by atoms with Gasteiger partial charge >= 0.3 is 0 Å². The number of fused-ring (bicyclic) bond motifs is 1. The van der Waals surface area contributed by atoms with Gasteiger partial charge in [-0.05, 0) is 56.7 Å². The molecule has 0 unspecified atom stereocenters. The largest absolute Gasteiger partial charge is 0.387 e. The van der Waals surface area contributed by atoms with E-state index < -0.39 is 0 Å². The Bertz CT molecular complexity index is 1040. The molecule has 0 saturated heterocycles. The molecule has 7 heteroatoms. The maximum Gasteiger partial charge on any atom is 0.253 e. The van der Waals surface area contributed by atoms with Crippen molar-refractivity contribution >= 4 is 29.8 Å². The van der Waals surface area contributed by atoms with Gasteiger partial charge in [0.05, 0.1) is 17.8 Å². The molecule has 3 aromatic rings. The van der Waals surface area contributed by atoms with Gasteiger partial charge in [-0.15, -0.1) is 0 Å². The molecule has 4 rings (SSSR count). The fourth-order valence-electron chi connectivity index (χ4n) is 4.12. The van der Waals surface area contributed by atoms with Crippen LogP contribution in [0.15, 0.2) is 53.7 Å². The number of benzene rings is 1. The van der Waals surface area contributed by atoms with Crippen LogP contribution in [0.2, 0.25) is 0 Å². The summed E-state index contributed by atoms with van der Waals surface area (Å²) in [5.74, 6) is 1.02. The molecule has 30 heavy (non-hydrogen) atoms. The molecule has 3 N–H and O–H groups in total. The zero-order valence-electron chi connectivity index (χ0n) is 17.3. The van der Waals surface area contributed by atoms with Crippen LogP contribution in [0.4, 0.5) is 11.5 Å². The molecule has 0 atom stereocenters. The number of amides is 1. The number of nitrogens with zero attached hydrogens (tertiary/aromatic N) is 3. The number of hydrogen-bond donors (Lipinski definition) is 3. The first-order valence-electron chi connectivity index (χ1n) is 10.4. The molecular formula is C23H28N6O. The monoisotopic (exact) mass is 404 g/mol. The maximum absolute atomic E-state index is 12.7. The minimum absolute atomic E-state index is 0.0112. The minimum Gasteiger partial charge on any atom is -0.387 e. The molecular weight excluding hydrogens is 376 g/mol. The van der Waals surface area contributed by atoms with E-state index in [-0.39, 0.29) is 11.9 Å². The summed E-state index contributed by atoms with van der Waals surface area (Å²) in [7, 11) is 1.83. The predicted octanol–water partition coefficient (Wildman–Crippen LogP) is 3.73. The smallest absolute Gasteiger partial charge is 0.253 e. The second kappa shape index (κ2) is 8.98. The number of carbonyl (C=O) groups is 1. The van der Waals surface area contributed by atoms with Gasteiger partial charge in [-0.3, -0.25) is 14.2 Å². The molecule has 7 nitrogen and oxygen atoms in total. The van der Waals surface area contributed by atoms with Gasteiger partial charge in [0, 0.05) is 31.0 Å². The maximum atomic E-state index is 12.7. The quantitative estimate of drug-likeness (QED) is 0.524. The van der Waals surface area contributed by atoms with E-state index in [9.17, 15) is 4.79 Å². The van der Waals surface area contributed by atoms with Gasteiger partial charge < -0.3 is 16.0 Å². The second-order valence-electron chi connectivity index (χ2n) is 7.72. The first-order chi connectivity index (χ1) is 14.7. The van der Waals surface area contributed by atoms with Crippen LogP contribution in [0.5, 0.6) is 0 Å². The molecule has 1 amide bonds. The van der Waals surface area contributed by atoms with Gasteiger partial charge in [0.25, 0.3) is 5.91 Å². The Balaban J connectivity index is 1.35. The summed E-state index contributed by atoms with van der Waals surface area (Å²) < 4.78 is 2.07. The third-order valence-corrected chi connectivity index (χ3v) is 5.67. The summed E-state index contributed by atoms with van der Waals surface area (Å²) in [6.45, 7) is 4.07. The number of aliphatic imine (C=N–C) groups is 1. The average Bonchev–Trinajstić information content (AvgIpc) is 3.19.